The van der Waals surface area contributed by atoms with E-state index < -0.39 is 0 Å². The zero-order valence-electron chi connectivity index (χ0n) is 11.1. The van der Waals surface area contributed by atoms with Gasteiger partial charge in [-0.1, -0.05) is 20.8 Å². The third-order valence-electron chi connectivity index (χ3n) is 1.91. The highest BCUT2D eigenvalue weighted by molar-refractivity contribution is 5.70. The lowest BCUT2D eigenvalue weighted by molar-refractivity contribution is -0.870. The van der Waals surface area contributed by atoms with Crippen LogP contribution in [0.3, 0.4) is 0 Å². The lowest BCUT2D eigenvalue weighted by Gasteiger charge is -2.23. The van der Waals surface area contributed by atoms with Crippen LogP contribution in [0.2, 0.25) is 0 Å². The van der Waals surface area contributed by atoms with Crippen LogP contribution in [0.25, 0.3) is 0 Å². The quantitative estimate of drug-likeness (QED) is 0.399. The maximum Gasteiger partial charge on any atom is 0.306 e. The minimum absolute atomic E-state index is 0.0250. The molecule has 0 aliphatic rings. The zero-order valence-corrected chi connectivity index (χ0v) is 11.1. The second-order valence-corrected chi connectivity index (χ2v) is 6.33. The fourth-order valence-electron chi connectivity index (χ4n) is 1.21. The molecule has 0 amide bonds. The highest BCUT2D eigenvalue weighted by Gasteiger charge is 2.17. The van der Waals surface area contributed by atoms with E-state index in [0.717, 1.165) is 17.4 Å². The molecular weight excluding hydrogens is 190 g/mol. The van der Waals surface area contributed by atoms with Gasteiger partial charge >= 0.3 is 5.97 Å². The second-order valence-electron chi connectivity index (χ2n) is 6.33. The van der Waals surface area contributed by atoms with Crippen molar-refractivity contribution in [1.82, 2.24) is 0 Å². The van der Waals surface area contributed by atoms with Crippen molar-refractivity contribution in [2.24, 2.45) is 5.41 Å². The SMILES string of the molecule is CC(C)(C)CC(=O)OCCC[N+](C)(C)C. The fourth-order valence-corrected chi connectivity index (χ4v) is 1.21. The summed E-state index contributed by atoms with van der Waals surface area (Å²) < 4.78 is 6.08. The maximum atomic E-state index is 11.4. The van der Waals surface area contributed by atoms with Crippen molar-refractivity contribution in [2.45, 2.75) is 33.6 Å². The molecule has 0 radical (unpaired) electrons. The molecule has 0 N–H and O–H groups in total. The smallest absolute Gasteiger partial charge is 0.306 e. The Morgan fingerprint density at radius 3 is 2.13 bits per heavy atom. The highest BCUT2D eigenvalue weighted by atomic mass is 16.5. The van der Waals surface area contributed by atoms with E-state index in [0.29, 0.717) is 13.0 Å². The van der Waals surface area contributed by atoms with Gasteiger partial charge in [0.1, 0.15) is 0 Å². The largest absolute Gasteiger partial charge is 0.465 e. The molecule has 0 saturated heterocycles. The van der Waals surface area contributed by atoms with Crippen LogP contribution in [0.4, 0.5) is 0 Å². The van der Waals surface area contributed by atoms with Crippen molar-refractivity contribution < 1.29 is 14.0 Å². The summed E-state index contributed by atoms with van der Waals surface area (Å²) in [6, 6.07) is 0. The number of carbonyl (C=O) groups excluding carboxylic acids is 1. The first-order valence-electron chi connectivity index (χ1n) is 5.56. The van der Waals surface area contributed by atoms with Crippen molar-refractivity contribution >= 4 is 5.97 Å². The Morgan fingerprint density at radius 1 is 1.20 bits per heavy atom. The molecule has 0 bridgehead atoms. The molecule has 0 aromatic heterocycles. The summed E-state index contributed by atoms with van der Waals surface area (Å²) in [6.07, 6.45) is 1.43. The van der Waals surface area contributed by atoms with Crippen molar-refractivity contribution in [3.63, 3.8) is 0 Å². The van der Waals surface area contributed by atoms with Crippen LogP contribution in [-0.2, 0) is 9.53 Å². The third-order valence-corrected chi connectivity index (χ3v) is 1.91. The standard InChI is InChI=1S/C12H26NO2/c1-12(2,3)10-11(14)15-9-7-8-13(4,5)6/h7-10H2,1-6H3/q+1. The van der Waals surface area contributed by atoms with Crippen LogP contribution in [0, 0.1) is 5.41 Å². The van der Waals surface area contributed by atoms with Gasteiger partial charge in [-0.25, -0.2) is 0 Å². The van der Waals surface area contributed by atoms with Crippen molar-refractivity contribution in [3.05, 3.63) is 0 Å². The molecule has 15 heavy (non-hydrogen) atoms. The Kier molecular flexibility index (Phi) is 5.29. The Labute approximate surface area is 94.0 Å². The minimum Gasteiger partial charge on any atom is -0.465 e. The molecule has 0 aliphatic heterocycles. The molecule has 0 rings (SSSR count). The molecule has 0 aromatic carbocycles. The van der Waals surface area contributed by atoms with Crippen LogP contribution < -0.4 is 0 Å². The summed E-state index contributed by atoms with van der Waals surface area (Å²) in [5.74, 6) is -0.0797. The van der Waals surface area contributed by atoms with Crippen LogP contribution >= 0.6 is 0 Å². The van der Waals surface area contributed by atoms with Gasteiger partial charge in [-0.3, -0.25) is 4.79 Å². The molecule has 0 spiro atoms. The molecule has 90 valence electrons. The molecular formula is C12H26NO2+. The van der Waals surface area contributed by atoms with Gasteiger partial charge in [-0.05, 0) is 5.41 Å². The third kappa shape index (κ3) is 11.4. The molecule has 0 aromatic rings. The lowest BCUT2D eigenvalue weighted by Crippen LogP contribution is -2.35. The molecule has 3 nitrogen and oxygen atoms in total. The molecule has 0 aliphatic carbocycles. The Hall–Kier alpha value is -0.570. The number of ether oxygens (including phenoxy) is 1. The number of rotatable bonds is 5. The van der Waals surface area contributed by atoms with Gasteiger partial charge in [-0.2, -0.15) is 0 Å². The average molecular weight is 216 g/mol. The van der Waals surface area contributed by atoms with Gasteiger partial charge in [-0.15, -0.1) is 0 Å². The van der Waals surface area contributed by atoms with Gasteiger partial charge in [0, 0.05) is 6.42 Å². The second kappa shape index (κ2) is 5.50. The molecule has 0 fully saturated rings. The maximum absolute atomic E-state index is 11.4. The van der Waals surface area contributed by atoms with Crippen molar-refractivity contribution in [1.29, 1.82) is 0 Å². The predicted octanol–water partition coefficient (Wildman–Crippen LogP) is 2.06. The lowest BCUT2D eigenvalue weighted by atomic mass is 9.92. The van der Waals surface area contributed by atoms with E-state index in [2.05, 4.69) is 21.1 Å². The van der Waals surface area contributed by atoms with E-state index in [4.69, 9.17) is 4.74 Å². The minimum atomic E-state index is -0.0797. The molecule has 0 heterocycles. The summed E-state index contributed by atoms with van der Waals surface area (Å²) in [6.45, 7) is 7.70. The molecule has 0 unspecified atom stereocenters. The van der Waals surface area contributed by atoms with Crippen LogP contribution in [0.15, 0.2) is 0 Å². The number of nitrogens with zero attached hydrogens (tertiary/aromatic N) is 1. The number of quaternary nitrogens is 1. The van der Waals surface area contributed by atoms with Gasteiger partial charge in [0.05, 0.1) is 40.7 Å². The molecule has 0 atom stereocenters. The summed E-state index contributed by atoms with van der Waals surface area (Å²) in [4.78, 5) is 11.4. The number of hydrogen-bond acceptors (Lipinski definition) is 2. The van der Waals surface area contributed by atoms with E-state index >= 15 is 0 Å². The van der Waals surface area contributed by atoms with Crippen molar-refractivity contribution in [3.8, 4) is 0 Å². The van der Waals surface area contributed by atoms with Gasteiger partial charge in [0.15, 0.2) is 0 Å². The zero-order chi connectivity index (χ0) is 12.1. The van der Waals surface area contributed by atoms with Crippen LogP contribution in [-0.4, -0.2) is 44.7 Å². The van der Waals surface area contributed by atoms with E-state index in [1.807, 2.05) is 20.8 Å². The Morgan fingerprint density at radius 2 is 1.73 bits per heavy atom. The van der Waals surface area contributed by atoms with Gasteiger partial charge < -0.3 is 9.22 Å². The summed E-state index contributed by atoms with van der Waals surface area (Å²) >= 11 is 0. The number of esters is 1. The number of carbonyl (C=O) groups is 1. The normalized spacial score (nSPS) is 12.7. The van der Waals surface area contributed by atoms with Crippen LogP contribution in [0.1, 0.15) is 33.6 Å². The van der Waals surface area contributed by atoms with Crippen molar-refractivity contribution in [2.75, 3.05) is 34.3 Å². The topological polar surface area (TPSA) is 26.3 Å². The molecule has 3 heteroatoms. The van der Waals surface area contributed by atoms with Crippen LogP contribution in [0.5, 0.6) is 0 Å². The summed E-state index contributed by atoms with van der Waals surface area (Å²) in [5.41, 5.74) is 0.0250. The summed E-state index contributed by atoms with van der Waals surface area (Å²) in [7, 11) is 6.41. The fraction of sp³-hybridized carbons (Fsp3) is 0.917. The van der Waals surface area contributed by atoms with E-state index in [1.165, 1.54) is 0 Å². The monoisotopic (exact) mass is 216 g/mol. The first-order valence-corrected chi connectivity index (χ1v) is 5.56. The van der Waals surface area contributed by atoms with E-state index in [1.54, 1.807) is 0 Å². The average Bonchev–Trinajstić information content (AvgIpc) is 1.92. The van der Waals surface area contributed by atoms with E-state index in [-0.39, 0.29) is 11.4 Å². The van der Waals surface area contributed by atoms with Gasteiger partial charge in [0.25, 0.3) is 0 Å². The Balaban J connectivity index is 3.57. The number of hydrogen-bond donors (Lipinski definition) is 0. The summed E-state index contributed by atoms with van der Waals surface area (Å²) in [5, 5.41) is 0. The predicted molar refractivity (Wildman–Crippen MR) is 62.5 cm³/mol. The first kappa shape index (κ1) is 14.4. The van der Waals surface area contributed by atoms with E-state index in [9.17, 15) is 4.79 Å². The van der Waals surface area contributed by atoms with Gasteiger partial charge in [0.2, 0.25) is 0 Å². The first-order chi connectivity index (χ1) is 6.60. The molecule has 0 saturated carbocycles. The highest BCUT2D eigenvalue weighted by Crippen LogP contribution is 2.18. The Bertz CT molecular complexity index is 199.